The minimum atomic E-state index is -0.0518. The van der Waals surface area contributed by atoms with E-state index in [4.69, 9.17) is 5.73 Å². The van der Waals surface area contributed by atoms with Gasteiger partial charge in [0.05, 0.1) is 10.6 Å². The normalized spacial score (nSPS) is 12.1. The molecule has 2 heterocycles. The summed E-state index contributed by atoms with van der Waals surface area (Å²) in [5, 5.41) is 5.32. The van der Waals surface area contributed by atoms with Crippen LogP contribution in [0.15, 0.2) is 0 Å². The smallest absolute Gasteiger partial charge is 0.161 e. The molecule has 98 valence electrons. The molecule has 4 nitrogen and oxygen atoms in total. The maximum Gasteiger partial charge on any atom is 0.161 e. The van der Waals surface area contributed by atoms with Crippen molar-refractivity contribution in [3.8, 4) is 11.4 Å². The molecule has 0 saturated heterocycles. The molecule has 0 aromatic carbocycles. The van der Waals surface area contributed by atoms with E-state index in [0.29, 0.717) is 0 Å². The lowest BCUT2D eigenvalue weighted by atomic mass is 9.96. The van der Waals surface area contributed by atoms with Crippen molar-refractivity contribution < 1.29 is 0 Å². The molecule has 0 radical (unpaired) electrons. The first-order chi connectivity index (χ1) is 8.21. The van der Waals surface area contributed by atoms with Crippen molar-refractivity contribution in [2.75, 3.05) is 5.73 Å². The molecule has 0 spiro atoms. The van der Waals surface area contributed by atoms with Gasteiger partial charge in [-0.05, 0) is 19.4 Å². The van der Waals surface area contributed by atoms with Gasteiger partial charge in [-0.15, -0.1) is 11.3 Å². The minimum absolute atomic E-state index is 0.0518. The van der Waals surface area contributed by atoms with Crippen molar-refractivity contribution in [1.29, 1.82) is 0 Å². The van der Waals surface area contributed by atoms with E-state index in [0.717, 1.165) is 22.2 Å². The molecular weight excluding hydrogens is 244 g/mol. The van der Waals surface area contributed by atoms with Crippen LogP contribution in [0.1, 0.15) is 37.0 Å². The zero-order valence-electron chi connectivity index (χ0n) is 11.8. The van der Waals surface area contributed by atoms with Crippen LogP contribution in [0.4, 0.5) is 5.00 Å². The van der Waals surface area contributed by atoms with Crippen molar-refractivity contribution in [2.45, 2.75) is 40.0 Å². The average molecular weight is 264 g/mol. The second kappa shape index (κ2) is 4.09. The number of thiophene rings is 1. The Balaban J connectivity index is 2.62. The number of nitrogens with two attached hydrogens (primary N) is 1. The number of hydrogen-bond donors (Lipinski definition) is 1. The molecule has 0 fully saturated rings. The van der Waals surface area contributed by atoms with Gasteiger partial charge in [0, 0.05) is 17.3 Å². The lowest BCUT2D eigenvalue weighted by Gasteiger charge is -2.12. The van der Waals surface area contributed by atoms with E-state index in [2.05, 4.69) is 44.7 Å². The van der Waals surface area contributed by atoms with E-state index in [1.165, 1.54) is 10.4 Å². The number of nitrogen functional groups attached to an aromatic ring is 1. The number of aryl methyl sites for hydroxylation is 2. The number of rotatable bonds is 1. The van der Waals surface area contributed by atoms with Crippen LogP contribution in [0.2, 0.25) is 0 Å². The average Bonchev–Trinajstić information content (AvgIpc) is 2.70. The summed E-state index contributed by atoms with van der Waals surface area (Å²) in [4.78, 5) is 5.90. The van der Waals surface area contributed by atoms with E-state index >= 15 is 0 Å². The molecule has 2 N–H and O–H groups in total. The van der Waals surface area contributed by atoms with Crippen LogP contribution in [0.25, 0.3) is 11.4 Å². The highest BCUT2D eigenvalue weighted by Crippen LogP contribution is 2.37. The summed E-state index contributed by atoms with van der Waals surface area (Å²) in [6, 6.07) is 0. The predicted molar refractivity (Wildman–Crippen MR) is 76.9 cm³/mol. The quantitative estimate of drug-likeness (QED) is 0.861. The van der Waals surface area contributed by atoms with Gasteiger partial charge in [-0.1, -0.05) is 20.8 Å². The van der Waals surface area contributed by atoms with Gasteiger partial charge < -0.3 is 5.73 Å². The monoisotopic (exact) mass is 264 g/mol. The fourth-order valence-corrected chi connectivity index (χ4v) is 2.78. The van der Waals surface area contributed by atoms with Gasteiger partial charge >= 0.3 is 0 Å². The summed E-state index contributed by atoms with van der Waals surface area (Å²) in [6.45, 7) is 10.5. The Labute approximate surface area is 112 Å². The molecule has 0 saturated carbocycles. The van der Waals surface area contributed by atoms with Crippen LogP contribution in [0, 0.1) is 13.8 Å². The molecule has 2 rings (SSSR count). The lowest BCUT2D eigenvalue weighted by Crippen LogP contribution is -2.13. The lowest BCUT2D eigenvalue weighted by molar-refractivity contribution is 0.538. The summed E-state index contributed by atoms with van der Waals surface area (Å²) in [5.41, 5.74) is 8.28. The van der Waals surface area contributed by atoms with Crippen molar-refractivity contribution in [3.05, 3.63) is 16.3 Å². The van der Waals surface area contributed by atoms with Gasteiger partial charge in [0.25, 0.3) is 0 Å². The highest BCUT2D eigenvalue weighted by molar-refractivity contribution is 7.16. The molecule has 0 aliphatic carbocycles. The van der Waals surface area contributed by atoms with Gasteiger partial charge in [-0.25, -0.2) is 9.67 Å². The second-order valence-corrected chi connectivity index (χ2v) is 6.91. The van der Waals surface area contributed by atoms with Crippen LogP contribution in [0.5, 0.6) is 0 Å². The summed E-state index contributed by atoms with van der Waals surface area (Å²) >= 11 is 1.61. The van der Waals surface area contributed by atoms with Crippen molar-refractivity contribution in [2.24, 2.45) is 7.05 Å². The largest absolute Gasteiger partial charge is 0.390 e. The summed E-state index contributed by atoms with van der Waals surface area (Å²) in [7, 11) is 1.92. The number of anilines is 1. The Kier molecular flexibility index (Phi) is 2.97. The van der Waals surface area contributed by atoms with Crippen LogP contribution in [-0.2, 0) is 12.5 Å². The predicted octanol–water partition coefficient (Wildman–Crippen LogP) is 3.04. The zero-order valence-corrected chi connectivity index (χ0v) is 12.6. The van der Waals surface area contributed by atoms with E-state index in [-0.39, 0.29) is 5.41 Å². The summed E-state index contributed by atoms with van der Waals surface area (Å²) < 4.78 is 1.82. The van der Waals surface area contributed by atoms with E-state index in [1.807, 2.05) is 11.7 Å². The Hall–Kier alpha value is -1.36. The number of aromatic nitrogens is 3. The number of nitrogens with zero attached hydrogens (tertiary/aromatic N) is 3. The molecule has 0 amide bonds. The van der Waals surface area contributed by atoms with Gasteiger partial charge in [-0.2, -0.15) is 5.10 Å². The summed E-state index contributed by atoms with van der Waals surface area (Å²) in [5.74, 6) is 1.71. The molecule has 2 aromatic heterocycles. The topological polar surface area (TPSA) is 56.7 Å². The van der Waals surface area contributed by atoms with Crippen molar-refractivity contribution in [3.63, 3.8) is 0 Å². The fourth-order valence-electron chi connectivity index (χ4n) is 1.85. The Morgan fingerprint density at radius 1 is 1.22 bits per heavy atom. The van der Waals surface area contributed by atoms with Crippen LogP contribution >= 0.6 is 11.3 Å². The third kappa shape index (κ3) is 2.03. The van der Waals surface area contributed by atoms with E-state index in [9.17, 15) is 0 Å². The SMILES string of the molecule is Cc1sc(N)c(-c2nc(C(C)(C)C)nn2C)c1C. The van der Waals surface area contributed by atoms with Crippen LogP contribution in [0.3, 0.4) is 0 Å². The number of hydrogen-bond acceptors (Lipinski definition) is 4. The second-order valence-electron chi connectivity index (χ2n) is 5.66. The third-order valence-electron chi connectivity index (χ3n) is 3.07. The Morgan fingerprint density at radius 3 is 2.22 bits per heavy atom. The zero-order chi connectivity index (χ0) is 13.7. The van der Waals surface area contributed by atoms with Gasteiger partial charge in [0.1, 0.15) is 0 Å². The first-order valence-corrected chi connectivity index (χ1v) is 6.81. The van der Waals surface area contributed by atoms with Gasteiger partial charge in [0.15, 0.2) is 11.6 Å². The molecular formula is C13H20N4S. The van der Waals surface area contributed by atoms with Crippen molar-refractivity contribution in [1.82, 2.24) is 14.8 Å². The molecule has 0 aliphatic rings. The maximum atomic E-state index is 6.10. The highest BCUT2D eigenvalue weighted by Gasteiger charge is 2.24. The molecule has 5 heteroatoms. The molecule has 0 aliphatic heterocycles. The first kappa shape index (κ1) is 13.1. The molecule has 0 atom stereocenters. The standard InChI is InChI=1S/C13H20N4S/c1-7-8(2)18-10(14)9(7)11-15-12(13(3,4)5)16-17(11)6/h14H2,1-6H3. The van der Waals surface area contributed by atoms with E-state index < -0.39 is 0 Å². The first-order valence-electron chi connectivity index (χ1n) is 5.99. The molecule has 18 heavy (non-hydrogen) atoms. The minimum Gasteiger partial charge on any atom is -0.390 e. The fraction of sp³-hybridized carbons (Fsp3) is 0.538. The third-order valence-corrected chi connectivity index (χ3v) is 4.11. The Bertz CT molecular complexity index is 587. The molecule has 0 unspecified atom stereocenters. The van der Waals surface area contributed by atoms with Crippen LogP contribution in [-0.4, -0.2) is 14.8 Å². The molecule has 0 bridgehead atoms. The van der Waals surface area contributed by atoms with Crippen LogP contribution < -0.4 is 5.73 Å². The van der Waals surface area contributed by atoms with E-state index in [1.54, 1.807) is 11.3 Å². The van der Waals surface area contributed by atoms with Crippen molar-refractivity contribution >= 4 is 16.3 Å². The summed E-state index contributed by atoms with van der Waals surface area (Å²) in [6.07, 6.45) is 0. The van der Waals surface area contributed by atoms with Gasteiger partial charge in [-0.3, -0.25) is 0 Å². The van der Waals surface area contributed by atoms with Gasteiger partial charge in [0.2, 0.25) is 0 Å². The Morgan fingerprint density at radius 2 is 1.83 bits per heavy atom. The highest BCUT2D eigenvalue weighted by atomic mass is 32.1. The maximum absolute atomic E-state index is 6.10. The molecule has 2 aromatic rings.